The van der Waals surface area contributed by atoms with Crippen LogP contribution in [0.15, 0.2) is 11.1 Å². The molecule has 4 nitrogen and oxygen atoms in total. The molecule has 0 amide bonds. The van der Waals surface area contributed by atoms with E-state index in [1.54, 1.807) is 0 Å². The molecule has 1 aliphatic rings. The fourth-order valence-electron chi connectivity index (χ4n) is 2.87. The first-order chi connectivity index (χ1) is 9.68. The van der Waals surface area contributed by atoms with Crippen LogP contribution in [0.25, 0.3) is 0 Å². The molecule has 1 atom stereocenters. The molecular weight excluding hydrogens is 305 g/mol. The normalized spacial score (nSPS) is 20.7. The minimum absolute atomic E-state index is 0.492. The van der Waals surface area contributed by atoms with Crippen LogP contribution < -0.4 is 0 Å². The average Bonchev–Trinajstić information content (AvgIpc) is 2.82. The molecule has 1 fully saturated rings. The van der Waals surface area contributed by atoms with Gasteiger partial charge in [0.15, 0.2) is 5.03 Å². The third-order valence-corrected chi connectivity index (χ3v) is 6.53. The number of nitrogens with zero attached hydrogens (tertiary/aromatic N) is 2. The van der Waals surface area contributed by atoms with Crippen LogP contribution in [0.3, 0.4) is 0 Å². The highest BCUT2D eigenvalue weighted by Crippen LogP contribution is 2.41. The minimum atomic E-state index is -4.38. The first kappa shape index (κ1) is 16.3. The molecular formula is C13H19F3N2O2S. The number of alkyl halides is 3. The zero-order chi connectivity index (χ0) is 15.8. The molecule has 0 aliphatic heterocycles. The summed E-state index contributed by atoms with van der Waals surface area (Å²) in [5.74, 6) is -0.610. The molecule has 0 aromatic carbocycles. The van der Waals surface area contributed by atoms with Crippen molar-refractivity contribution in [3.8, 4) is 0 Å². The van der Waals surface area contributed by atoms with E-state index in [-0.39, 0.29) is 0 Å². The Morgan fingerprint density at radius 3 is 2.38 bits per heavy atom. The largest absolute Gasteiger partial charge is 0.282 e. The highest BCUT2D eigenvalue weighted by atomic mass is 32.2. The quantitative estimate of drug-likeness (QED) is 0.853. The Hall–Kier alpha value is -1.05. The van der Waals surface area contributed by atoms with Gasteiger partial charge in [0.2, 0.25) is 14.8 Å². The van der Waals surface area contributed by atoms with Gasteiger partial charge in [-0.25, -0.2) is 21.6 Å². The highest BCUT2D eigenvalue weighted by molar-refractivity contribution is 7.92. The third-order valence-electron chi connectivity index (χ3n) is 4.21. The van der Waals surface area contributed by atoms with Crippen LogP contribution in [0, 0.1) is 5.92 Å². The Bertz CT molecular complexity index is 605. The molecule has 1 aromatic heterocycles. The van der Waals surface area contributed by atoms with Gasteiger partial charge in [0.1, 0.15) is 5.69 Å². The number of aromatic nitrogens is 2. The van der Waals surface area contributed by atoms with Gasteiger partial charge in [0.25, 0.3) is 6.43 Å². The van der Waals surface area contributed by atoms with Gasteiger partial charge < -0.3 is 0 Å². The molecule has 1 saturated carbocycles. The summed E-state index contributed by atoms with van der Waals surface area (Å²) in [4.78, 5) is 0. The molecule has 0 radical (unpaired) electrons. The molecule has 0 spiro atoms. The number of hydrogen-bond donors (Lipinski definition) is 0. The molecule has 0 N–H and O–H groups in total. The summed E-state index contributed by atoms with van der Waals surface area (Å²) < 4.78 is 66.2. The van der Waals surface area contributed by atoms with Gasteiger partial charge >= 0.3 is 0 Å². The summed E-state index contributed by atoms with van der Waals surface area (Å²) in [6.45, 7) is 1.04. The summed E-state index contributed by atoms with van der Waals surface area (Å²) in [6.07, 6.45) is 0.632. The summed E-state index contributed by atoms with van der Waals surface area (Å²) >= 11 is 0. The van der Waals surface area contributed by atoms with Crippen molar-refractivity contribution in [2.75, 3.05) is 0 Å². The lowest BCUT2D eigenvalue weighted by molar-refractivity contribution is 0.145. The first-order valence-electron chi connectivity index (χ1n) is 6.93. The zero-order valence-corrected chi connectivity index (χ0v) is 12.8. The maximum atomic E-state index is 15.0. The lowest BCUT2D eigenvalue weighted by Gasteiger charge is -2.32. The summed E-state index contributed by atoms with van der Waals surface area (Å²) in [5.41, 5.74) is -0.657. The SMILES string of the molecule is Cn1nc(C(F)F)cc1S(=O)(=O)C(C)(F)C1CCCCC1. The standard InChI is InChI=1S/C13H19F3N2O2S/c1-13(16,9-6-4-3-5-7-9)21(19,20)11-8-10(12(14)15)17-18(11)2/h8-9,12H,3-7H2,1-2H3. The average molecular weight is 324 g/mol. The van der Waals surface area contributed by atoms with E-state index in [2.05, 4.69) is 5.10 Å². The van der Waals surface area contributed by atoms with Gasteiger partial charge in [-0.2, -0.15) is 5.10 Å². The van der Waals surface area contributed by atoms with E-state index in [1.807, 2.05) is 0 Å². The van der Waals surface area contributed by atoms with Crippen LogP contribution in [0.5, 0.6) is 0 Å². The second-order valence-electron chi connectivity index (χ2n) is 5.66. The Morgan fingerprint density at radius 1 is 1.33 bits per heavy atom. The summed E-state index contributed by atoms with van der Waals surface area (Å²) in [5, 5.41) is 0.492. The van der Waals surface area contributed by atoms with E-state index < -0.39 is 37.9 Å². The number of halogens is 3. The third kappa shape index (κ3) is 2.82. The Balaban J connectivity index is 2.40. The molecule has 1 unspecified atom stereocenters. The first-order valence-corrected chi connectivity index (χ1v) is 8.42. The van der Waals surface area contributed by atoms with Gasteiger partial charge in [-0.1, -0.05) is 19.3 Å². The molecule has 1 aliphatic carbocycles. The second kappa shape index (κ2) is 5.62. The molecule has 21 heavy (non-hydrogen) atoms. The molecule has 2 rings (SSSR count). The van der Waals surface area contributed by atoms with Crippen molar-refractivity contribution in [1.82, 2.24) is 9.78 Å². The van der Waals surface area contributed by atoms with Gasteiger partial charge in [0, 0.05) is 19.0 Å². The van der Waals surface area contributed by atoms with Crippen LogP contribution in [-0.4, -0.2) is 23.2 Å². The van der Waals surface area contributed by atoms with Crippen LogP contribution in [0.1, 0.15) is 51.1 Å². The minimum Gasteiger partial charge on any atom is -0.257 e. The van der Waals surface area contributed by atoms with Gasteiger partial charge in [0.05, 0.1) is 0 Å². The number of aryl methyl sites for hydroxylation is 1. The Kier molecular flexibility index (Phi) is 4.37. The van der Waals surface area contributed by atoms with E-state index in [1.165, 1.54) is 7.05 Å². The van der Waals surface area contributed by atoms with E-state index in [9.17, 15) is 17.2 Å². The van der Waals surface area contributed by atoms with E-state index in [0.717, 1.165) is 36.9 Å². The molecule has 1 heterocycles. The molecule has 120 valence electrons. The lowest BCUT2D eigenvalue weighted by atomic mass is 9.86. The second-order valence-corrected chi connectivity index (χ2v) is 7.88. The predicted octanol–water partition coefficient (Wildman–Crippen LogP) is 3.40. The maximum Gasteiger partial charge on any atom is 0.282 e. The number of sulfone groups is 1. The molecule has 0 saturated heterocycles. The maximum absolute atomic E-state index is 15.0. The molecule has 8 heteroatoms. The summed E-state index contributed by atoms with van der Waals surface area (Å²) in [6, 6.07) is 0.765. The van der Waals surface area contributed by atoms with E-state index >= 15 is 4.39 Å². The van der Waals surface area contributed by atoms with E-state index in [0.29, 0.717) is 12.8 Å². The zero-order valence-electron chi connectivity index (χ0n) is 12.0. The monoisotopic (exact) mass is 324 g/mol. The number of rotatable bonds is 4. The van der Waals surface area contributed by atoms with Crippen LogP contribution in [-0.2, 0) is 16.9 Å². The van der Waals surface area contributed by atoms with Crippen LogP contribution >= 0.6 is 0 Å². The van der Waals surface area contributed by atoms with Gasteiger partial charge in [-0.15, -0.1) is 0 Å². The fourth-order valence-corrected chi connectivity index (χ4v) is 4.62. The van der Waals surface area contributed by atoms with Crippen LogP contribution in [0.4, 0.5) is 13.2 Å². The van der Waals surface area contributed by atoms with Crippen molar-refractivity contribution >= 4 is 9.84 Å². The fraction of sp³-hybridized carbons (Fsp3) is 0.769. The molecule has 1 aromatic rings. The van der Waals surface area contributed by atoms with Crippen molar-refractivity contribution in [2.45, 2.75) is 55.5 Å². The number of hydrogen-bond acceptors (Lipinski definition) is 3. The van der Waals surface area contributed by atoms with E-state index in [4.69, 9.17) is 0 Å². The lowest BCUT2D eigenvalue weighted by Crippen LogP contribution is -2.40. The highest BCUT2D eigenvalue weighted by Gasteiger charge is 2.49. The summed E-state index contributed by atoms with van der Waals surface area (Å²) in [7, 11) is -3.15. The Labute approximate surface area is 122 Å². The Morgan fingerprint density at radius 2 is 1.90 bits per heavy atom. The van der Waals surface area contributed by atoms with Crippen LogP contribution in [0.2, 0.25) is 0 Å². The molecule has 0 bridgehead atoms. The van der Waals surface area contributed by atoms with Crippen molar-refractivity contribution in [3.05, 3.63) is 11.8 Å². The van der Waals surface area contributed by atoms with Gasteiger partial charge in [-0.05, 0) is 19.8 Å². The van der Waals surface area contributed by atoms with Gasteiger partial charge in [-0.3, -0.25) is 4.68 Å². The van der Waals surface area contributed by atoms with Crippen molar-refractivity contribution in [3.63, 3.8) is 0 Å². The predicted molar refractivity (Wildman–Crippen MR) is 71.4 cm³/mol. The van der Waals surface area contributed by atoms with Crippen molar-refractivity contribution < 1.29 is 21.6 Å². The van der Waals surface area contributed by atoms with Crippen molar-refractivity contribution in [1.29, 1.82) is 0 Å². The van der Waals surface area contributed by atoms with Crippen molar-refractivity contribution in [2.24, 2.45) is 13.0 Å². The smallest absolute Gasteiger partial charge is 0.257 e. The topological polar surface area (TPSA) is 52.0 Å².